The molecule has 0 radical (unpaired) electrons. The second kappa shape index (κ2) is 11.7. The van der Waals surface area contributed by atoms with E-state index < -0.39 is 0 Å². The van der Waals surface area contributed by atoms with Gasteiger partial charge in [-0.1, -0.05) is 38.5 Å². The van der Waals surface area contributed by atoms with Crippen LogP contribution in [-0.2, 0) is 11.2 Å². The number of fused-ring (bicyclic) bond motifs is 1. The van der Waals surface area contributed by atoms with Crippen LogP contribution in [0.2, 0.25) is 0 Å². The summed E-state index contributed by atoms with van der Waals surface area (Å²) in [5, 5.41) is 3.97. The van der Waals surface area contributed by atoms with Gasteiger partial charge in [-0.3, -0.25) is 9.59 Å². The summed E-state index contributed by atoms with van der Waals surface area (Å²) in [6, 6.07) is 13.1. The van der Waals surface area contributed by atoms with E-state index in [1.165, 1.54) is 16.2 Å². The van der Waals surface area contributed by atoms with Crippen molar-refractivity contribution in [2.75, 3.05) is 33.4 Å². The van der Waals surface area contributed by atoms with Crippen LogP contribution in [0.15, 0.2) is 53.2 Å². The Labute approximate surface area is 215 Å². The number of carbonyl (C=O) groups is 2. The lowest BCUT2D eigenvalue weighted by atomic mass is 10.00. The van der Waals surface area contributed by atoms with Crippen LogP contribution in [-0.4, -0.2) is 55.0 Å². The molecule has 0 unspecified atom stereocenters. The van der Waals surface area contributed by atoms with Crippen LogP contribution >= 0.6 is 22.7 Å². The Balaban J connectivity index is 1.54. The number of methoxy groups -OCH3 is 1. The molecule has 35 heavy (non-hydrogen) atoms. The molecular formula is C27H32N2O4S2. The molecule has 0 fully saturated rings. The van der Waals surface area contributed by atoms with Crippen molar-refractivity contribution in [2.24, 2.45) is 5.92 Å². The highest BCUT2D eigenvalue weighted by molar-refractivity contribution is 7.12. The molecule has 4 rings (SSSR count). The van der Waals surface area contributed by atoms with Crippen LogP contribution in [0.25, 0.3) is 0 Å². The molecule has 1 aromatic carbocycles. The molecule has 0 spiro atoms. The number of hydrogen-bond donors (Lipinski definition) is 0. The van der Waals surface area contributed by atoms with Crippen molar-refractivity contribution in [3.05, 3.63) is 68.5 Å². The van der Waals surface area contributed by atoms with Crippen molar-refractivity contribution in [1.82, 2.24) is 9.80 Å². The molecule has 6 nitrogen and oxygen atoms in total. The Morgan fingerprint density at radius 1 is 1.11 bits per heavy atom. The van der Waals surface area contributed by atoms with Crippen molar-refractivity contribution in [2.45, 2.75) is 32.7 Å². The first-order valence-corrected chi connectivity index (χ1v) is 13.7. The fraction of sp³-hybridized carbons (Fsp3) is 0.407. The quantitative estimate of drug-likeness (QED) is 0.359. The molecule has 8 heteroatoms. The van der Waals surface area contributed by atoms with Crippen molar-refractivity contribution >= 4 is 34.5 Å². The van der Waals surface area contributed by atoms with Gasteiger partial charge in [-0.25, -0.2) is 0 Å². The first-order valence-electron chi connectivity index (χ1n) is 12.0. The molecule has 3 aromatic rings. The van der Waals surface area contributed by atoms with Gasteiger partial charge in [0.15, 0.2) is 11.5 Å². The SMILES string of the molecule is CC[C@H](C)CN(CC(=O)N1CCc2sccc2[C@H]1COc1ccccc1OC)C(=O)c1cccs1. The number of amides is 2. The van der Waals surface area contributed by atoms with Gasteiger partial charge in [0.05, 0.1) is 18.0 Å². The number of hydrogen-bond acceptors (Lipinski definition) is 6. The third-order valence-corrected chi connectivity index (χ3v) is 8.31. The van der Waals surface area contributed by atoms with E-state index in [9.17, 15) is 9.59 Å². The monoisotopic (exact) mass is 512 g/mol. The van der Waals surface area contributed by atoms with E-state index in [1.807, 2.05) is 46.7 Å². The molecule has 0 saturated heterocycles. The van der Waals surface area contributed by atoms with E-state index in [-0.39, 0.29) is 24.4 Å². The largest absolute Gasteiger partial charge is 0.493 e. The van der Waals surface area contributed by atoms with Crippen LogP contribution in [0, 0.1) is 5.92 Å². The zero-order chi connectivity index (χ0) is 24.8. The number of para-hydroxylation sites is 2. The number of thiophene rings is 2. The zero-order valence-corrected chi connectivity index (χ0v) is 22.1. The predicted molar refractivity (Wildman–Crippen MR) is 141 cm³/mol. The summed E-state index contributed by atoms with van der Waals surface area (Å²) < 4.78 is 11.6. The van der Waals surface area contributed by atoms with Gasteiger partial charge in [-0.15, -0.1) is 22.7 Å². The minimum atomic E-state index is -0.218. The highest BCUT2D eigenvalue weighted by Crippen LogP contribution is 2.35. The maximum Gasteiger partial charge on any atom is 0.264 e. The molecule has 0 N–H and O–H groups in total. The fourth-order valence-corrected chi connectivity index (χ4v) is 5.94. The van der Waals surface area contributed by atoms with Gasteiger partial charge in [0.1, 0.15) is 13.2 Å². The first kappa shape index (κ1) is 25.3. The molecule has 0 saturated carbocycles. The lowest BCUT2D eigenvalue weighted by Crippen LogP contribution is -2.48. The summed E-state index contributed by atoms with van der Waals surface area (Å²) in [6.45, 7) is 5.76. The van der Waals surface area contributed by atoms with Gasteiger partial charge in [0.2, 0.25) is 5.91 Å². The maximum absolute atomic E-state index is 13.7. The second-order valence-electron chi connectivity index (χ2n) is 8.79. The van der Waals surface area contributed by atoms with E-state index in [1.54, 1.807) is 23.3 Å². The Bertz CT molecular complexity index is 1130. The highest BCUT2D eigenvalue weighted by Gasteiger charge is 2.34. The molecule has 1 aliphatic heterocycles. The highest BCUT2D eigenvalue weighted by atomic mass is 32.1. The number of rotatable bonds is 10. The number of nitrogens with zero attached hydrogens (tertiary/aromatic N) is 2. The third-order valence-electron chi connectivity index (χ3n) is 6.46. The predicted octanol–water partition coefficient (Wildman–Crippen LogP) is 5.51. The number of ether oxygens (including phenoxy) is 2. The van der Waals surface area contributed by atoms with E-state index >= 15 is 0 Å². The summed E-state index contributed by atoms with van der Waals surface area (Å²) in [5.74, 6) is 1.48. The Morgan fingerprint density at radius 3 is 2.63 bits per heavy atom. The molecular weight excluding hydrogens is 480 g/mol. The first-order chi connectivity index (χ1) is 17.0. The fourth-order valence-electron chi connectivity index (χ4n) is 4.32. The Morgan fingerprint density at radius 2 is 1.91 bits per heavy atom. The smallest absolute Gasteiger partial charge is 0.264 e. The average Bonchev–Trinajstić information content (AvgIpc) is 3.59. The molecule has 2 aromatic heterocycles. The Kier molecular flexibility index (Phi) is 8.46. The summed E-state index contributed by atoms with van der Waals surface area (Å²) in [4.78, 5) is 32.5. The Hall–Kier alpha value is -2.84. The van der Waals surface area contributed by atoms with E-state index in [2.05, 4.69) is 25.3 Å². The van der Waals surface area contributed by atoms with Gasteiger partial charge in [-0.05, 0) is 52.9 Å². The van der Waals surface area contributed by atoms with Crippen molar-refractivity contribution in [3.63, 3.8) is 0 Å². The van der Waals surface area contributed by atoms with Crippen molar-refractivity contribution in [1.29, 1.82) is 0 Å². The number of benzene rings is 1. The topological polar surface area (TPSA) is 59.1 Å². The standard InChI is InChI=1S/C27H32N2O4S2/c1-4-19(2)16-28(27(31)25-10-7-14-34-25)17-26(30)29-13-11-24-20(12-15-35-24)21(29)18-33-23-9-6-5-8-22(23)32-3/h5-10,12,14-15,19,21H,4,11,13,16-18H2,1-3H3/t19-,21+/m0/s1. The van der Waals surface area contributed by atoms with E-state index in [0.717, 1.165) is 18.4 Å². The molecule has 2 atom stereocenters. The van der Waals surface area contributed by atoms with Crippen LogP contribution in [0.4, 0.5) is 0 Å². The molecule has 186 valence electrons. The normalized spacial score (nSPS) is 15.9. The summed E-state index contributed by atoms with van der Waals surface area (Å²) in [5.41, 5.74) is 1.13. The molecule has 2 amide bonds. The van der Waals surface area contributed by atoms with Gasteiger partial charge in [-0.2, -0.15) is 0 Å². The van der Waals surface area contributed by atoms with Crippen LogP contribution < -0.4 is 9.47 Å². The van der Waals surface area contributed by atoms with Gasteiger partial charge < -0.3 is 19.3 Å². The summed E-state index contributed by atoms with van der Waals surface area (Å²) >= 11 is 3.13. The second-order valence-corrected chi connectivity index (χ2v) is 10.7. The molecule has 0 bridgehead atoms. The molecule has 3 heterocycles. The number of carbonyl (C=O) groups excluding carboxylic acids is 2. The summed E-state index contributed by atoms with van der Waals surface area (Å²) in [6.07, 6.45) is 1.76. The maximum atomic E-state index is 13.7. The zero-order valence-electron chi connectivity index (χ0n) is 20.4. The minimum absolute atomic E-state index is 0.0521. The van der Waals surface area contributed by atoms with E-state index in [0.29, 0.717) is 42.0 Å². The lowest BCUT2D eigenvalue weighted by Gasteiger charge is -2.37. The van der Waals surface area contributed by atoms with Gasteiger partial charge in [0.25, 0.3) is 5.91 Å². The van der Waals surface area contributed by atoms with Crippen LogP contribution in [0.3, 0.4) is 0 Å². The van der Waals surface area contributed by atoms with Gasteiger partial charge >= 0.3 is 0 Å². The van der Waals surface area contributed by atoms with Gasteiger partial charge in [0, 0.05) is 18.0 Å². The van der Waals surface area contributed by atoms with Crippen molar-refractivity contribution < 1.29 is 19.1 Å². The van der Waals surface area contributed by atoms with E-state index in [4.69, 9.17) is 9.47 Å². The van der Waals surface area contributed by atoms with Crippen LogP contribution in [0.5, 0.6) is 11.5 Å². The van der Waals surface area contributed by atoms with Crippen molar-refractivity contribution in [3.8, 4) is 11.5 Å². The minimum Gasteiger partial charge on any atom is -0.493 e. The van der Waals surface area contributed by atoms with Crippen LogP contribution in [0.1, 0.15) is 46.4 Å². The summed E-state index contributed by atoms with van der Waals surface area (Å²) in [7, 11) is 1.62. The average molecular weight is 513 g/mol. The lowest BCUT2D eigenvalue weighted by molar-refractivity contribution is -0.135. The third kappa shape index (κ3) is 5.87. The molecule has 0 aliphatic carbocycles. The molecule has 1 aliphatic rings.